The second-order valence-corrected chi connectivity index (χ2v) is 4.67. The molecule has 0 unspecified atom stereocenters. The molecule has 2 aromatic rings. The van der Waals surface area contributed by atoms with Crippen LogP contribution in [0.4, 0.5) is 0 Å². The zero-order chi connectivity index (χ0) is 16.1. The van der Waals surface area contributed by atoms with E-state index >= 15 is 0 Å². The molecule has 0 aliphatic rings. The van der Waals surface area contributed by atoms with Crippen molar-refractivity contribution in [1.29, 1.82) is 0 Å². The zero-order valence-corrected chi connectivity index (χ0v) is 13.1. The number of ether oxygens (including phenoxy) is 2. The van der Waals surface area contributed by atoms with Gasteiger partial charge in [-0.3, -0.25) is 4.79 Å². The van der Waals surface area contributed by atoms with E-state index in [-0.39, 0.29) is 12.5 Å². The van der Waals surface area contributed by atoms with Gasteiger partial charge in [-0.1, -0.05) is 6.92 Å². The van der Waals surface area contributed by atoms with Gasteiger partial charge in [0.25, 0.3) is 0 Å². The average Bonchev–Trinajstić information content (AvgIpc) is 3.01. The van der Waals surface area contributed by atoms with Crippen molar-refractivity contribution in [3.8, 4) is 23.0 Å². The van der Waals surface area contributed by atoms with Gasteiger partial charge in [-0.15, -0.1) is 10.2 Å². The molecule has 118 valence electrons. The van der Waals surface area contributed by atoms with E-state index in [0.717, 1.165) is 5.56 Å². The molecule has 7 heteroatoms. The molecule has 22 heavy (non-hydrogen) atoms. The van der Waals surface area contributed by atoms with Crippen molar-refractivity contribution >= 4 is 5.91 Å². The molecule has 0 saturated carbocycles. The topological polar surface area (TPSA) is 77.7 Å². The van der Waals surface area contributed by atoms with Crippen LogP contribution >= 0.6 is 0 Å². The van der Waals surface area contributed by atoms with Crippen LogP contribution in [-0.2, 0) is 11.3 Å². The summed E-state index contributed by atoms with van der Waals surface area (Å²) in [6, 6.07) is 5.33. The molecule has 1 amide bonds. The minimum atomic E-state index is 0.0193. The molecule has 0 bridgehead atoms. The second-order valence-electron chi connectivity index (χ2n) is 4.67. The van der Waals surface area contributed by atoms with Crippen LogP contribution in [0.25, 0.3) is 11.5 Å². The maximum atomic E-state index is 11.6. The molecule has 7 nitrogen and oxygen atoms in total. The standard InChI is InChI=1S/C15H19N3O4/c1-5-14(19)18(2)9-13-16-17-15(22-13)10-6-7-11(20-3)12(8-10)21-4/h6-8H,5,9H2,1-4H3. The fourth-order valence-electron chi connectivity index (χ4n) is 1.96. The van der Waals surface area contributed by atoms with Crippen LogP contribution in [-0.4, -0.2) is 42.3 Å². The molecule has 2 rings (SSSR count). The van der Waals surface area contributed by atoms with Crippen molar-refractivity contribution in [3.05, 3.63) is 24.1 Å². The molecule has 1 heterocycles. The summed E-state index contributed by atoms with van der Waals surface area (Å²) in [4.78, 5) is 13.1. The van der Waals surface area contributed by atoms with Gasteiger partial charge in [-0.25, -0.2) is 0 Å². The lowest BCUT2D eigenvalue weighted by molar-refractivity contribution is -0.130. The minimum Gasteiger partial charge on any atom is -0.493 e. The molecule has 0 fully saturated rings. The van der Waals surface area contributed by atoms with Crippen LogP contribution in [0.2, 0.25) is 0 Å². The lowest BCUT2D eigenvalue weighted by Crippen LogP contribution is -2.25. The number of hydrogen-bond acceptors (Lipinski definition) is 6. The van der Waals surface area contributed by atoms with E-state index in [1.807, 2.05) is 6.92 Å². The molecule has 0 spiro atoms. The van der Waals surface area contributed by atoms with Crippen LogP contribution < -0.4 is 9.47 Å². The predicted molar refractivity (Wildman–Crippen MR) is 79.6 cm³/mol. The number of hydrogen-bond donors (Lipinski definition) is 0. The molecule has 0 N–H and O–H groups in total. The van der Waals surface area contributed by atoms with Gasteiger partial charge in [0.15, 0.2) is 11.5 Å². The molecule has 0 saturated heterocycles. The van der Waals surface area contributed by atoms with Crippen molar-refractivity contribution in [1.82, 2.24) is 15.1 Å². The maximum absolute atomic E-state index is 11.6. The normalized spacial score (nSPS) is 10.4. The molecular weight excluding hydrogens is 286 g/mol. The monoisotopic (exact) mass is 305 g/mol. The quantitative estimate of drug-likeness (QED) is 0.813. The average molecular weight is 305 g/mol. The Bertz CT molecular complexity index is 654. The first-order chi connectivity index (χ1) is 10.6. The third kappa shape index (κ3) is 3.36. The van der Waals surface area contributed by atoms with E-state index in [0.29, 0.717) is 29.7 Å². The largest absolute Gasteiger partial charge is 0.493 e. The Labute approximate surface area is 128 Å². The fraction of sp³-hybridized carbons (Fsp3) is 0.400. The number of aromatic nitrogens is 2. The number of nitrogens with zero attached hydrogens (tertiary/aromatic N) is 3. The van der Waals surface area contributed by atoms with Crippen LogP contribution in [0, 0.1) is 0 Å². The van der Waals surface area contributed by atoms with Crippen LogP contribution in [0.5, 0.6) is 11.5 Å². The van der Waals surface area contributed by atoms with Gasteiger partial charge < -0.3 is 18.8 Å². The Morgan fingerprint density at radius 1 is 1.23 bits per heavy atom. The first-order valence-electron chi connectivity index (χ1n) is 6.87. The summed E-state index contributed by atoms with van der Waals surface area (Å²) in [5, 5.41) is 7.97. The highest BCUT2D eigenvalue weighted by Gasteiger charge is 2.14. The van der Waals surface area contributed by atoms with E-state index in [9.17, 15) is 4.79 Å². The van der Waals surface area contributed by atoms with Gasteiger partial charge in [0.2, 0.25) is 17.7 Å². The van der Waals surface area contributed by atoms with Gasteiger partial charge >= 0.3 is 0 Å². The SMILES string of the molecule is CCC(=O)N(C)Cc1nnc(-c2ccc(OC)c(OC)c2)o1. The summed E-state index contributed by atoms with van der Waals surface area (Å²) in [5.41, 5.74) is 0.723. The minimum absolute atomic E-state index is 0.0193. The van der Waals surface area contributed by atoms with Gasteiger partial charge in [-0.2, -0.15) is 0 Å². The predicted octanol–water partition coefficient (Wildman–Crippen LogP) is 2.12. The zero-order valence-electron chi connectivity index (χ0n) is 13.1. The van der Waals surface area contributed by atoms with Crippen molar-refractivity contribution in [2.75, 3.05) is 21.3 Å². The van der Waals surface area contributed by atoms with Crippen LogP contribution in [0.1, 0.15) is 19.2 Å². The summed E-state index contributed by atoms with van der Waals surface area (Å²) < 4.78 is 16.0. The van der Waals surface area contributed by atoms with E-state index < -0.39 is 0 Å². The number of carbonyl (C=O) groups is 1. The van der Waals surface area contributed by atoms with E-state index in [1.54, 1.807) is 44.4 Å². The smallest absolute Gasteiger partial charge is 0.247 e. The number of carbonyl (C=O) groups excluding carboxylic acids is 1. The summed E-state index contributed by atoms with van der Waals surface area (Å²) >= 11 is 0. The Balaban J connectivity index is 2.19. The summed E-state index contributed by atoms with van der Waals surface area (Å²) in [5.74, 6) is 1.98. The first-order valence-corrected chi connectivity index (χ1v) is 6.87. The van der Waals surface area contributed by atoms with Crippen molar-refractivity contribution in [3.63, 3.8) is 0 Å². The van der Waals surface area contributed by atoms with E-state index in [1.165, 1.54) is 0 Å². The molecule has 0 aliphatic carbocycles. The number of benzene rings is 1. The van der Waals surface area contributed by atoms with Gasteiger partial charge in [0.05, 0.1) is 20.8 Å². The third-order valence-corrected chi connectivity index (χ3v) is 3.20. The fourth-order valence-corrected chi connectivity index (χ4v) is 1.96. The van der Waals surface area contributed by atoms with Gasteiger partial charge in [-0.05, 0) is 18.2 Å². The Hall–Kier alpha value is -2.57. The third-order valence-electron chi connectivity index (χ3n) is 3.20. The van der Waals surface area contributed by atoms with Crippen molar-refractivity contribution in [2.24, 2.45) is 0 Å². The number of rotatable bonds is 6. The first kappa shape index (κ1) is 15.8. The Morgan fingerprint density at radius 3 is 2.59 bits per heavy atom. The van der Waals surface area contributed by atoms with E-state index in [4.69, 9.17) is 13.9 Å². The lowest BCUT2D eigenvalue weighted by atomic mass is 10.2. The summed E-state index contributed by atoms with van der Waals surface area (Å²) in [7, 11) is 4.83. The number of methoxy groups -OCH3 is 2. The molecule has 0 atom stereocenters. The van der Waals surface area contributed by atoms with Crippen LogP contribution in [0.15, 0.2) is 22.6 Å². The summed E-state index contributed by atoms with van der Waals surface area (Å²) in [6.07, 6.45) is 0.438. The highest BCUT2D eigenvalue weighted by atomic mass is 16.5. The Morgan fingerprint density at radius 2 is 1.95 bits per heavy atom. The lowest BCUT2D eigenvalue weighted by Gasteiger charge is -2.12. The van der Waals surface area contributed by atoms with Gasteiger partial charge in [0.1, 0.15) is 0 Å². The molecule has 0 aliphatic heterocycles. The maximum Gasteiger partial charge on any atom is 0.247 e. The van der Waals surface area contributed by atoms with Crippen LogP contribution in [0.3, 0.4) is 0 Å². The molecule has 1 aromatic carbocycles. The highest BCUT2D eigenvalue weighted by Crippen LogP contribution is 2.31. The second kappa shape index (κ2) is 6.93. The molecule has 1 aromatic heterocycles. The molecule has 0 radical (unpaired) electrons. The number of amides is 1. The Kier molecular flexibility index (Phi) is 4.98. The summed E-state index contributed by atoms with van der Waals surface area (Å²) in [6.45, 7) is 2.09. The van der Waals surface area contributed by atoms with Crippen molar-refractivity contribution in [2.45, 2.75) is 19.9 Å². The molecular formula is C15H19N3O4. The van der Waals surface area contributed by atoms with Crippen molar-refractivity contribution < 1.29 is 18.7 Å². The van der Waals surface area contributed by atoms with Gasteiger partial charge in [0, 0.05) is 19.0 Å². The van der Waals surface area contributed by atoms with E-state index in [2.05, 4.69) is 10.2 Å². The highest BCUT2D eigenvalue weighted by molar-refractivity contribution is 5.75.